The van der Waals surface area contributed by atoms with Crippen LogP contribution in [0.5, 0.6) is 0 Å². The number of benzene rings is 1. The molecule has 1 heterocycles. The van der Waals surface area contributed by atoms with Crippen molar-refractivity contribution in [3.8, 4) is 0 Å². The van der Waals surface area contributed by atoms with E-state index < -0.39 is 0 Å². The topological polar surface area (TPSA) is 41.1 Å². The van der Waals surface area contributed by atoms with Gasteiger partial charge in [0.2, 0.25) is 5.91 Å². The minimum Gasteiger partial charge on any atom is -0.355 e. The second-order valence-corrected chi connectivity index (χ2v) is 4.52. The number of nitrogens with one attached hydrogen (secondary N) is 2. The van der Waals surface area contributed by atoms with Crippen LogP contribution in [0.4, 0.5) is 4.39 Å². The Hall–Kier alpha value is -1.42. The van der Waals surface area contributed by atoms with Crippen molar-refractivity contribution in [2.75, 3.05) is 13.1 Å². The lowest BCUT2D eigenvalue weighted by Crippen LogP contribution is -2.24. The van der Waals surface area contributed by atoms with Crippen molar-refractivity contribution in [3.63, 3.8) is 0 Å². The van der Waals surface area contributed by atoms with E-state index in [0.717, 1.165) is 17.7 Å². The zero-order valence-corrected chi connectivity index (χ0v) is 10.1. The van der Waals surface area contributed by atoms with Crippen LogP contribution in [0.1, 0.15) is 29.2 Å². The molecule has 1 amide bonds. The van der Waals surface area contributed by atoms with E-state index in [4.69, 9.17) is 0 Å². The fourth-order valence-corrected chi connectivity index (χ4v) is 2.18. The highest BCUT2D eigenvalue weighted by molar-refractivity contribution is 5.77. The molecule has 0 saturated carbocycles. The molecular formula is C13H17FN2O. The smallest absolute Gasteiger partial charge is 0.221 e. The molecule has 1 aliphatic heterocycles. The predicted octanol–water partition coefficient (Wildman–Crippen LogP) is 1.59. The minimum absolute atomic E-state index is 0.0169. The number of rotatable bonds is 1. The Bertz CT molecular complexity index is 445. The SMILES string of the molecule is Cc1cc(C2CC(=O)NCCN2)c(C)cc1F. The first-order valence-electron chi connectivity index (χ1n) is 5.84. The van der Waals surface area contributed by atoms with Gasteiger partial charge in [-0.2, -0.15) is 0 Å². The Kier molecular flexibility index (Phi) is 3.43. The zero-order chi connectivity index (χ0) is 12.4. The standard InChI is InChI=1S/C13H17FN2O/c1-8-6-11(14)9(2)5-10(8)12-7-13(17)16-4-3-15-12/h5-6,12,15H,3-4,7H2,1-2H3,(H,16,17). The molecule has 92 valence electrons. The highest BCUT2D eigenvalue weighted by Gasteiger charge is 2.20. The first-order chi connectivity index (χ1) is 8.08. The van der Waals surface area contributed by atoms with Crippen LogP contribution < -0.4 is 10.6 Å². The molecule has 2 N–H and O–H groups in total. The molecule has 1 unspecified atom stereocenters. The summed E-state index contributed by atoms with van der Waals surface area (Å²) in [7, 11) is 0. The summed E-state index contributed by atoms with van der Waals surface area (Å²) in [6.07, 6.45) is 0.409. The number of carbonyl (C=O) groups excluding carboxylic acids is 1. The average Bonchev–Trinajstić information content (AvgIpc) is 2.48. The van der Waals surface area contributed by atoms with Crippen molar-refractivity contribution in [1.82, 2.24) is 10.6 Å². The normalized spacial score (nSPS) is 20.9. The van der Waals surface area contributed by atoms with Crippen LogP contribution in [0.2, 0.25) is 0 Å². The summed E-state index contributed by atoms with van der Waals surface area (Å²) >= 11 is 0. The number of hydrogen-bond donors (Lipinski definition) is 2. The van der Waals surface area contributed by atoms with E-state index in [9.17, 15) is 9.18 Å². The first-order valence-corrected chi connectivity index (χ1v) is 5.84. The molecule has 2 rings (SSSR count). The maximum Gasteiger partial charge on any atom is 0.221 e. The summed E-state index contributed by atoms with van der Waals surface area (Å²) in [5.41, 5.74) is 2.53. The van der Waals surface area contributed by atoms with Gasteiger partial charge in [0.05, 0.1) is 0 Å². The third-order valence-electron chi connectivity index (χ3n) is 3.15. The second kappa shape index (κ2) is 4.84. The van der Waals surface area contributed by atoms with E-state index in [0.29, 0.717) is 18.5 Å². The third-order valence-corrected chi connectivity index (χ3v) is 3.15. The molecule has 0 aromatic heterocycles. The van der Waals surface area contributed by atoms with Crippen LogP contribution in [0.3, 0.4) is 0 Å². The van der Waals surface area contributed by atoms with Crippen LogP contribution in [0.25, 0.3) is 0 Å². The number of aryl methyl sites for hydroxylation is 2. The molecule has 3 nitrogen and oxygen atoms in total. The number of carbonyl (C=O) groups is 1. The van der Waals surface area contributed by atoms with Gasteiger partial charge in [-0.15, -0.1) is 0 Å². The van der Waals surface area contributed by atoms with E-state index in [2.05, 4.69) is 10.6 Å². The summed E-state index contributed by atoms with van der Waals surface area (Å²) in [5, 5.41) is 6.12. The molecule has 1 aliphatic rings. The lowest BCUT2D eigenvalue weighted by atomic mass is 9.96. The Balaban J connectivity index is 2.32. The summed E-state index contributed by atoms with van der Waals surface area (Å²) < 4.78 is 13.4. The first kappa shape index (κ1) is 12.0. The summed E-state index contributed by atoms with van der Waals surface area (Å²) in [6.45, 7) is 5.01. The van der Waals surface area contributed by atoms with Gasteiger partial charge in [-0.1, -0.05) is 6.07 Å². The molecule has 1 atom stereocenters. The van der Waals surface area contributed by atoms with Crippen molar-refractivity contribution >= 4 is 5.91 Å². The van der Waals surface area contributed by atoms with Gasteiger partial charge >= 0.3 is 0 Å². The second-order valence-electron chi connectivity index (χ2n) is 4.52. The van der Waals surface area contributed by atoms with Gasteiger partial charge in [0, 0.05) is 25.6 Å². The molecule has 1 fully saturated rings. The maximum absolute atomic E-state index is 13.4. The number of halogens is 1. The molecular weight excluding hydrogens is 219 g/mol. The molecule has 4 heteroatoms. The van der Waals surface area contributed by atoms with Gasteiger partial charge < -0.3 is 10.6 Å². The Morgan fingerprint density at radius 1 is 1.24 bits per heavy atom. The fraction of sp³-hybridized carbons (Fsp3) is 0.462. The van der Waals surface area contributed by atoms with Crippen LogP contribution in [0.15, 0.2) is 12.1 Å². The van der Waals surface area contributed by atoms with Gasteiger partial charge in [-0.05, 0) is 36.6 Å². The van der Waals surface area contributed by atoms with Crippen molar-refractivity contribution in [2.45, 2.75) is 26.3 Å². The highest BCUT2D eigenvalue weighted by atomic mass is 19.1. The quantitative estimate of drug-likeness (QED) is 0.777. The molecule has 1 saturated heterocycles. The average molecular weight is 236 g/mol. The third kappa shape index (κ3) is 2.64. The predicted molar refractivity (Wildman–Crippen MR) is 64.2 cm³/mol. The Morgan fingerprint density at radius 2 is 2.00 bits per heavy atom. The molecule has 1 aromatic carbocycles. The molecule has 0 radical (unpaired) electrons. The van der Waals surface area contributed by atoms with Gasteiger partial charge in [0.25, 0.3) is 0 Å². The van der Waals surface area contributed by atoms with Gasteiger partial charge in [-0.25, -0.2) is 4.39 Å². The van der Waals surface area contributed by atoms with Crippen molar-refractivity contribution < 1.29 is 9.18 Å². The van der Waals surface area contributed by atoms with Crippen LogP contribution in [0, 0.1) is 19.7 Å². The van der Waals surface area contributed by atoms with E-state index in [1.54, 1.807) is 6.92 Å². The molecule has 0 bridgehead atoms. The largest absolute Gasteiger partial charge is 0.355 e. The lowest BCUT2D eigenvalue weighted by molar-refractivity contribution is -0.121. The van der Waals surface area contributed by atoms with Crippen LogP contribution in [-0.2, 0) is 4.79 Å². The molecule has 1 aromatic rings. The van der Waals surface area contributed by atoms with Crippen LogP contribution in [-0.4, -0.2) is 19.0 Å². The van der Waals surface area contributed by atoms with E-state index in [-0.39, 0.29) is 17.8 Å². The van der Waals surface area contributed by atoms with Crippen molar-refractivity contribution in [2.24, 2.45) is 0 Å². The van der Waals surface area contributed by atoms with E-state index in [1.807, 2.05) is 13.0 Å². The number of hydrogen-bond acceptors (Lipinski definition) is 2. The van der Waals surface area contributed by atoms with Gasteiger partial charge in [-0.3, -0.25) is 4.79 Å². The maximum atomic E-state index is 13.4. The van der Waals surface area contributed by atoms with Crippen molar-refractivity contribution in [1.29, 1.82) is 0 Å². The fourth-order valence-electron chi connectivity index (χ4n) is 2.18. The summed E-state index contributed by atoms with van der Waals surface area (Å²) in [6, 6.07) is 3.35. The van der Waals surface area contributed by atoms with E-state index in [1.165, 1.54) is 6.07 Å². The molecule has 0 spiro atoms. The molecule has 0 aliphatic carbocycles. The minimum atomic E-state index is -0.190. The number of amides is 1. The summed E-state index contributed by atoms with van der Waals surface area (Å²) in [5.74, 6) is -0.147. The van der Waals surface area contributed by atoms with Gasteiger partial charge in [0.1, 0.15) is 5.82 Å². The Morgan fingerprint density at radius 3 is 2.76 bits per heavy atom. The van der Waals surface area contributed by atoms with E-state index >= 15 is 0 Å². The summed E-state index contributed by atoms with van der Waals surface area (Å²) in [4.78, 5) is 11.5. The highest BCUT2D eigenvalue weighted by Crippen LogP contribution is 2.24. The zero-order valence-electron chi connectivity index (χ0n) is 10.1. The van der Waals surface area contributed by atoms with Crippen LogP contribution >= 0.6 is 0 Å². The van der Waals surface area contributed by atoms with Gasteiger partial charge in [0.15, 0.2) is 0 Å². The monoisotopic (exact) mass is 236 g/mol. The molecule has 17 heavy (non-hydrogen) atoms. The lowest BCUT2D eigenvalue weighted by Gasteiger charge is -2.18. The Labute approximate surface area is 100 Å². The van der Waals surface area contributed by atoms with Crippen molar-refractivity contribution in [3.05, 3.63) is 34.6 Å².